The van der Waals surface area contributed by atoms with Crippen molar-refractivity contribution >= 4 is 29.0 Å². The predicted octanol–water partition coefficient (Wildman–Crippen LogP) is 6.70. The van der Waals surface area contributed by atoms with Gasteiger partial charge in [-0.2, -0.15) is 5.10 Å². The zero-order valence-electron chi connectivity index (χ0n) is 18.4. The summed E-state index contributed by atoms with van der Waals surface area (Å²) in [6, 6.07) is 35.1. The summed E-state index contributed by atoms with van der Waals surface area (Å²) in [5, 5.41) is 17.9. The summed E-state index contributed by atoms with van der Waals surface area (Å²) in [6.45, 7) is 0. The summed E-state index contributed by atoms with van der Waals surface area (Å²) >= 11 is 0. The van der Waals surface area contributed by atoms with Crippen LogP contribution in [0.5, 0.6) is 0 Å². The minimum Gasteiger partial charge on any atom is -0.258 e. The Kier molecular flexibility index (Phi) is 5.95. The van der Waals surface area contributed by atoms with E-state index in [2.05, 4.69) is 52.5 Å². The van der Waals surface area contributed by atoms with E-state index in [0.29, 0.717) is 0 Å². The fraction of sp³-hybridized carbons (Fsp3) is 0.0714. The first-order chi connectivity index (χ1) is 16.7. The van der Waals surface area contributed by atoms with Gasteiger partial charge < -0.3 is 0 Å². The standard InChI is InChI=1S/C28H22N4O2/c33-32(34)26-16-14-21(15-17-26)20-29-24-11-7-10-23(18-24)27-19-28(22-8-3-1-4-9-22)31(30-27)25-12-5-2-6-13-25/h1-18,20,28H,19H2. The lowest BCUT2D eigenvalue weighted by molar-refractivity contribution is -0.384. The van der Waals surface area contributed by atoms with E-state index in [1.54, 1.807) is 18.3 Å². The summed E-state index contributed by atoms with van der Waals surface area (Å²) in [5.41, 5.74) is 5.97. The summed E-state index contributed by atoms with van der Waals surface area (Å²) in [5.74, 6) is 0. The average molecular weight is 447 g/mol. The molecule has 1 unspecified atom stereocenters. The Bertz CT molecular complexity index is 1350. The first-order valence-electron chi connectivity index (χ1n) is 11.0. The molecule has 166 valence electrons. The molecule has 1 aliphatic rings. The number of rotatable bonds is 6. The molecule has 0 spiro atoms. The van der Waals surface area contributed by atoms with Crippen molar-refractivity contribution in [2.24, 2.45) is 10.1 Å². The van der Waals surface area contributed by atoms with Crippen LogP contribution in [0.15, 0.2) is 119 Å². The van der Waals surface area contributed by atoms with Crippen LogP contribution in [0.2, 0.25) is 0 Å². The number of nitrogens with zero attached hydrogens (tertiary/aromatic N) is 4. The third kappa shape index (κ3) is 4.61. The van der Waals surface area contributed by atoms with Gasteiger partial charge in [0.1, 0.15) is 0 Å². The van der Waals surface area contributed by atoms with E-state index in [9.17, 15) is 10.1 Å². The van der Waals surface area contributed by atoms with Gasteiger partial charge in [-0.3, -0.25) is 20.1 Å². The Morgan fingerprint density at radius 3 is 2.29 bits per heavy atom. The molecule has 1 aliphatic heterocycles. The molecule has 4 aromatic rings. The van der Waals surface area contributed by atoms with Crippen molar-refractivity contribution in [3.63, 3.8) is 0 Å². The van der Waals surface area contributed by atoms with Crippen molar-refractivity contribution in [2.45, 2.75) is 12.5 Å². The van der Waals surface area contributed by atoms with Gasteiger partial charge in [0.05, 0.1) is 28.1 Å². The summed E-state index contributed by atoms with van der Waals surface area (Å²) in [7, 11) is 0. The minimum atomic E-state index is -0.409. The van der Waals surface area contributed by atoms with Crippen molar-refractivity contribution in [1.29, 1.82) is 0 Å². The van der Waals surface area contributed by atoms with Gasteiger partial charge >= 0.3 is 0 Å². The van der Waals surface area contributed by atoms with Crippen molar-refractivity contribution in [3.8, 4) is 0 Å². The van der Waals surface area contributed by atoms with Crippen molar-refractivity contribution in [1.82, 2.24) is 0 Å². The molecule has 34 heavy (non-hydrogen) atoms. The van der Waals surface area contributed by atoms with Crippen LogP contribution in [0.3, 0.4) is 0 Å². The van der Waals surface area contributed by atoms with E-state index in [4.69, 9.17) is 5.10 Å². The average Bonchev–Trinajstić information content (AvgIpc) is 3.35. The van der Waals surface area contributed by atoms with Gasteiger partial charge in [-0.25, -0.2) is 0 Å². The molecule has 6 nitrogen and oxygen atoms in total. The number of nitro benzene ring substituents is 1. The Hall–Kier alpha value is -4.58. The maximum atomic E-state index is 10.8. The highest BCUT2D eigenvalue weighted by Gasteiger charge is 2.29. The number of nitro groups is 1. The lowest BCUT2D eigenvalue weighted by atomic mass is 9.98. The van der Waals surface area contributed by atoms with Crippen LogP contribution in [0.1, 0.15) is 29.2 Å². The summed E-state index contributed by atoms with van der Waals surface area (Å²) in [6.07, 6.45) is 2.50. The zero-order chi connectivity index (χ0) is 23.3. The maximum absolute atomic E-state index is 10.8. The summed E-state index contributed by atoms with van der Waals surface area (Å²) in [4.78, 5) is 15.0. The van der Waals surface area contributed by atoms with Gasteiger partial charge in [0.25, 0.3) is 5.69 Å². The lowest BCUT2D eigenvalue weighted by Gasteiger charge is -2.23. The van der Waals surface area contributed by atoms with Gasteiger partial charge in [-0.05, 0) is 53.1 Å². The molecule has 1 atom stereocenters. The molecular formula is C28H22N4O2. The van der Waals surface area contributed by atoms with Crippen LogP contribution in [0, 0.1) is 10.1 Å². The molecule has 0 N–H and O–H groups in total. The van der Waals surface area contributed by atoms with Crippen LogP contribution >= 0.6 is 0 Å². The van der Waals surface area contributed by atoms with E-state index in [1.807, 2.05) is 42.5 Å². The van der Waals surface area contributed by atoms with E-state index in [0.717, 1.165) is 34.6 Å². The Morgan fingerprint density at radius 1 is 0.882 bits per heavy atom. The first kappa shape index (κ1) is 21.3. The second kappa shape index (κ2) is 9.50. The highest BCUT2D eigenvalue weighted by atomic mass is 16.6. The zero-order valence-corrected chi connectivity index (χ0v) is 18.4. The number of benzene rings is 4. The monoisotopic (exact) mass is 446 g/mol. The highest BCUT2D eigenvalue weighted by Crippen LogP contribution is 2.36. The van der Waals surface area contributed by atoms with Gasteiger partial charge in [0.15, 0.2) is 0 Å². The van der Waals surface area contributed by atoms with Crippen molar-refractivity contribution in [3.05, 3.63) is 136 Å². The normalized spacial score (nSPS) is 15.5. The van der Waals surface area contributed by atoms with Crippen LogP contribution in [0.4, 0.5) is 17.1 Å². The fourth-order valence-electron chi connectivity index (χ4n) is 4.04. The number of non-ortho nitro benzene ring substituents is 1. The number of para-hydroxylation sites is 1. The molecule has 4 aromatic carbocycles. The SMILES string of the molecule is O=[N+]([O-])c1ccc(C=Nc2cccc(C3=NN(c4ccccc4)C(c4ccccc4)C3)c2)cc1. The van der Waals surface area contributed by atoms with Crippen LogP contribution < -0.4 is 5.01 Å². The Morgan fingerprint density at radius 2 is 1.59 bits per heavy atom. The molecule has 1 heterocycles. The van der Waals surface area contributed by atoms with Crippen LogP contribution in [-0.4, -0.2) is 16.8 Å². The van der Waals surface area contributed by atoms with Crippen molar-refractivity contribution < 1.29 is 4.92 Å². The number of anilines is 1. The smallest absolute Gasteiger partial charge is 0.258 e. The fourth-order valence-corrected chi connectivity index (χ4v) is 4.04. The van der Waals surface area contributed by atoms with E-state index in [1.165, 1.54) is 17.7 Å². The number of aliphatic imine (C=N–C) groups is 1. The van der Waals surface area contributed by atoms with Crippen LogP contribution in [-0.2, 0) is 0 Å². The second-order valence-corrected chi connectivity index (χ2v) is 8.01. The molecule has 5 rings (SSSR count). The molecular weight excluding hydrogens is 424 g/mol. The molecule has 0 saturated carbocycles. The number of hydrogen-bond acceptors (Lipinski definition) is 5. The molecule has 6 heteroatoms. The topological polar surface area (TPSA) is 71.1 Å². The second-order valence-electron chi connectivity index (χ2n) is 8.01. The lowest BCUT2D eigenvalue weighted by Crippen LogP contribution is -2.18. The Labute approximate surface area is 197 Å². The van der Waals surface area contributed by atoms with E-state index < -0.39 is 4.92 Å². The van der Waals surface area contributed by atoms with Gasteiger partial charge in [0.2, 0.25) is 0 Å². The number of hydrogen-bond donors (Lipinski definition) is 0. The van der Waals surface area contributed by atoms with Gasteiger partial charge in [-0.1, -0.05) is 60.7 Å². The maximum Gasteiger partial charge on any atom is 0.269 e. The quantitative estimate of drug-likeness (QED) is 0.188. The molecule has 0 amide bonds. The molecule has 0 saturated heterocycles. The third-order valence-electron chi connectivity index (χ3n) is 5.76. The molecule has 0 fully saturated rings. The van der Waals surface area contributed by atoms with Gasteiger partial charge in [-0.15, -0.1) is 0 Å². The molecule has 0 aromatic heterocycles. The largest absolute Gasteiger partial charge is 0.269 e. The molecule has 0 radical (unpaired) electrons. The molecule has 0 aliphatic carbocycles. The molecule has 0 bridgehead atoms. The van der Waals surface area contributed by atoms with E-state index in [-0.39, 0.29) is 11.7 Å². The third-order valence-corrected chi connectivity index (χ3v) is 5.76. The predicted molar refractivity (Wildman–Crippen MR) is 136 cm³/mol. The number of hydrazone groups is 1. The minimum absolute atomic E-state index is 0.0642. The summed E-state index contributed by atoms with van der Waals surface area (Å²) < 4.78 is 0. The van der Waals surface area contributed by atoms with Crippen LogP contribution in [0.25, 0.3) is 0 Å². The van der Waals surface area contributed by atoms with E-state index >= 15 is 0 Å². The van der Waals surface area contributed by atoms with Gasteiger partial charge in [0, 0.05) is 24.8 Å². The Balaban J connectivity index is 1.42. The highest BCUT2D eigenvalue weighted by molar-refractivity contribution is 6.04. The first-order valence-corrected chi connectivity index (χ1v) is 11.0. The van der Waals surface area contributed by atoms with Crippen molar-refractivity contribution in [2.75, 3.05) is 5.01 Å².